The van der Waals surface area contributed by atoms with E-state index >= 15 is 0 Å². The zero-order chi connectivity index (χ0) is 14.4. The summed E-state index contributed by atoms with van der Waals surface area (Å²) in [4.78, 5) is 14.5. The smallest absolute Gasteiger partial charge is 0.220 e. The fourth-order valence-electron chi connectivity index (χ4n) is 3.27. The van der Waals surface area contributed by atoms with Crippen molar-refractivity contribution in [2.75, 3.05) is 26.2 Å². The molecule has 4 nitrogen and oxygen atoms in total. The molecule has 2 aliphatic rings. The number of nitrogens with two attached hydrogens (primary N) is 1. The molecule has 1 saturated heterocycles. The summed E-state index contributed by atoms with van der Waals surface area (Å²) in [5.74, 6) is 1.51. The van der Waals surface area contributed by atoms with Crippen LogP contribution in [0.5, 0.6) is 0 Å². The molecule has 20 heavy (non-hydrogen) atoms. The first kappa shape index (κ1) is 15.8. The minimum absolute atomic E-state index is 0.227. The third-order valence-electron chi connectivity index (χ3n) is 4.90. The molecule has 0 aromatic heterocycles. The van der Waals surface area contributed by atoms with Gasteiger partial charge in [-0.15, -0.1) is 0 Å². The monoisotopic (exact) mass is 281 g/mol. The van der Waals surface area contributed by atoms with E-state index in [2.05, 4.69) is 17.1 Å². The SMILES string of the molecule is CCC(CCN)CCC(=O)NCC1CCN(C2CC2)C1. The van der Waals surface area contributed by atoms with E-state index in [1.807, 2.05) is 0 Å². The zero-order valence-electron chi connectivity index (χ0n) is 12.9. The lowest BCUT2D eigenvalue weighted by Gasteiger charge is -2.16. The lowest BCUT2D eigenvalue weighted by atomic mass is 9.96. The molecule has 0 aromatic carbocycles. The molecule has 1 amide bonds. The topological polar surface area (TPSA) is 58.4 Å². The molecule has 116 valence electrons. The van der Waals surface area contributed by atoms with Crippen molar-refractivity contribution in [3.05, 3.63) is 0 Å². The maximum absolute atomic E-state index is 11.9. The predicted molar refractivity (Wildman–Crippen MR) is 82.4 cm³/mol. The highest BCUT2D eigenvalue weighted by Gasteiger charge is 2.34. The Hall–Kier alpha value is -0.610. The number of likely N-dealkylation sites (tertiary alicyclic amines) is 1. The van der Waals surface area contributed by atoms with Crippen LogP contribution in [0.25, 0.3) is 0 Å². The Bertz CT molecular complexity index is 304. The molecule has 0 radical (unpaired) electrons. The van der Waals surface area contributed by atoms with E-state index in [4.69, 9.17) is 5.73 Å². The Morgan fingerprint density at radius 3 is 2.80 bits per heavy atom. The predicted octanol–water partition coefficient (Wildman–Crippen LogP) is 1.74. The number of carbonyl (C=O) groups is 1. The highest BCUT2D eigenvalue weighted by Crippen LogP contribution is 2.31. The number of rotatable bonds is 9. The van der Waals surface area contributed by atoms with Crippen molar-refractivity contribution in [3.8, 4) is 0 Å². The van der Waals surface area contributed by atoms with Gasteiger partial charge in [0.05, 0.1) is 0 Å². The molecule has 2 unspecified atom stereocenters. The number of amides is 1. The van der Waals surface area contributed by atoms with E-state index in [0.717, 1.165) is 38.4 Å². The normalized spacial score (nSPS) is 24.8. The van der Waals surface area contributed by atoms with Gasteiger partial charge >= 0.3 is 0 Å². The highest BCUT2D eigenvalue weighted by atomic mass is 16.1. The molecule has 3 N–H and O–H groups in total. The largest absolute Gasteiger partial charge is 0.356 e. The second-order valence-electron chi connectivity index (χ2n) is 6.58. The standard InChI is InChI=1S/C16H31N3O/c1-2-13(7-9-17)3-6-16(20)18-11-14-8-10-19(12-14)15-4-5-15/h13-15H,2-12,17H2,1H3,(H,18,20). The molecule has 1 aliphatic heterocycles. The summed E-state index contributed by atoms with van der Waals surface area (Å²) in [7, 11) is 0. The Morgan fingerprint density at radius 1 is 1.35 bits per heavy atom. The van der Waals surface area contributed by atoms with Gasteiger partial charge in [-0.25, -0.2) is 0 Å². The number of hydrogen-bond acceptors (Lipinski definition) is 3. The van der Waals surface area contributed by atoms with E-state index in [1.54, 1.807) is 0 Å². The van der Waals surface area contributed by atoms with Crippen molar-refractivity contribution in [1.29, 1.82) is 0 Å². The van der Waals surface area contributed by atoms with Crippen LogP contribution in [-0.4, -0.2) is 43.0 Å². The summed E-state index contributed by atoms with van der Waals surface area (Å²) in [5, 5.41) is 3.13. The van der Waals surface area contributed by atoms with E-state index < -0.39 is 0 Å². The van der Waals surface area contributed by atoms with E-state index in [-0.39, 0.29) is 5.91 Å². The molecule has 0 bridgehead atoms. The summed E-state index contributed by atoms with van der Waals surface area (Å²) in [5.41, 5.74) is 5.59. The molecule has 4 heteroatoms. The van der Waals surface area contributed by atoms with Gasteiger partial charge in [-0.2, -0.15) is 0 Å². The average molecular weight is 281 g/mol. The van der Waals surface area contributed by atoms with Crippen LogP contribution in [0.4, 0.5) is 0 Å². The summed E-state index contributed by atoms with van der Waals surface area (Å²) >= 11 is 0. The summed E-state index contributed by atoms with van der Waals surface area (Å²) < 4.78 is 0. The first-order valence-corrected chi connectivity index (χ1v) is 8.43. The van der Waals surface area contributed by atoms with Gasteiger partial charge < -0.3 is 16.0 Å². The molecule has 2 fully saturated rings. The third kappa shape index (κ3) is 5.06. The fourth-order valence-corrected chi connectivity index (χ4v) is 3.27. The zero-order valence-corrected chi connectivity index (χ0v) is 12.9. The maximum atomic E-state index is 11.9. The molecule has 1 saturated carbocycles. The highest BCUT2D eigenvalue weighted by molar-refractivity contribution is 5.75. The van der Waals surface area contributed by atoms with E-state index in [0.29, 0.717) is 18.3 Å². The van der Waals surface area contributed by atoms with Crippen molar-refractivity contribution >= 4 is 5.91 Å². The van der Waals surface area contributed by atoms with Gasteiger partial charge in [-0.3, -0.25) is 4.79 Å². The Balaban J connectivity index is 1.55. The third-order valence-corrected chi connectivity index (χ3v) is 4.90. The van der Waals surface area contributed by atoms with Crippen LogP contribution in [0.1, 0.15) is 51.9 Å². The van der Waals surface area contributed by atoms with Crippen LogP contribution in [0.2, 0.25) is 0 Å². The van der Waals surface area contributed by atoms with Gasteiger partial charge in [0.25, 0.3) is 0 Å². The van der Waals surface area contributed by atoms with Crippen LogP contribution in [-0.2, 0) is 4.79 Å². The first-order valence-electron chi connectivity index (χ1n) is 8.43. The van der Waals surface area contributed by atoms with Crippen LogP contribution < -0.4 is 11.1 Å². The Labute approximate surface area is 123 Å². The van der Waals surface area contributed by atoms with Crippen molar-refractivity contribution < 1.29 is 4.79 Å². The Morgan fingerprint density at radius 2 is 2.15 bits per heavy atom. The first-order chi connectivity index (χ1) is 9.72. The number of nitrogens with one attached hydrogen (secondary N) is 1. The van der Waals surface area contributed by atoms with Crippen molar-refractivity contribution in [3.63, 3.8) is 0 Å². The minimum Gasteiger partial charge on any atom is -0.356 e. The van der Waals surface area contributed by atoms with Gasteiger partial charge in [0.15, 0.2) is 0 Å². The molecule has 1 heterocycles. The molecular formula is C16H31N3O. The summed E-state index contributed by atoms with van der Waals surface area (Å²) in [6, 6.07) is 0.872. The number of nitrogens with zero attached hydrogens (tertiary/aromatic N) is 1. The maximum Gasteiger partial charge on any atom is 0.220 e. The van der Waals surface area contributed by atoms with Gasteiger partial charge in [0.1, 0.15) is 0 Å². The molecule has 2 atom stereocenters. The van der Waals surface area contributed by atoms with Gasteiger partial charge in [0.2, 0.25) is 5.91 Å². The molecule has 0 spiro atoms. The van der Waals surface area contributed by atoms with Crippen LogP contribution in [0.3, 0.4) is 0 Å². The summed E-state index contributed by atoms with van der Waals surface area (Å²) in [6.45, 7) is 6.22. The molecule has 2 rings (SSSR count). The van der Waals surface area contributed by atoms with Crippen molar-refractivity contribution in [2.45, 2.75) is 57.9 Å². The number of hydrogen-bond donors (Lipinski definition) is 2. The quantitative estimate of drug-likeness (QED) is 0.677. The lowest BCUT2D eigenvalue weighted by Crippen LogP contribution is -2.31. The van der Waals surface area contributed by atoms with Crippen LogP contribution in [0.15, 0.2) is 0 Å². The number of carbonyl (C=O) groups excluding carboxylic acids is 1. The summed E-state index contributed by atoms with van der Waals surface area (Å²) in [6.07, 6.45) is 7.85. The van der Waals surface area contributed by atoms with E-state index in [1.165, 1.54) is 32.4 Å². The molecule has 1 aliphatic carbocycles. The van der Waals surface area contributed by atoms with Crippen molar-refractivity contribution in [1.82, 2.24) is 10.2 Å². The fraction of sp³-hybridized carbons (Fsp3) is 0.938. The van der Waals surface area contributed by atoms with Gasteiger partial charge in [-0.1, -0.05) is 13.3 Å². The van der Waals surface area contributed by atoms with Crippen LogP contribution >= 0.6 is 0 Å². The van der Waals surface area contributed by atoms with Crippen LogP contribution in [0, 0.1) is 11.8 Å². The average Bonchev–Trinajstić information content (AvgIpc) is 3.20. The minimum atomic E-state index is 0.227. The molecular weight excluding hydrogens is 250 g/mol. The van der Waals surface area contributed by atoms with Gasteiger partial charge in [-0.05, 0) is 57.0 Å². The van der Waals surface area contributed by atoms with Crippen molar-refractivity contribution in [2.24, 2.45) is 17.6 Å². The Kier molecular flexibility index (Phi) is 6.30. The van der Waals surface area contributed by atoms with E-state index in [9.17, 15) is 4.79 Å². The lowest BCUT2D eigenvalue weighted by molar-refractivity contribution is -0.121. The van der Waals surface area contributed by atoms with Gasteiger partial charge in [0, 0.05) is 25.6 Å². The molecule has 0 aromatic rings. The second-order valence-corrected chi connectivity index (χ2v) is 6.58. The second kappa shape index (κ2) is 7.99.